The summed E-state index contributed by atoms with van der Waals surface area (Å²) in [7, 11) is 1.59. The van der Waals surface area contributed by atoms with Gasteiger partial charge in [-0.15, -0.1) is 0 Å². The molecule has 35 heavy (non-hydrogen) atoms. The van der Waals surface area contributed by atoms with Gasteiger partial charge in [0.1, 0.15) is 5.75 Å². The van der Waals surface area contributed by atoms with E-state index >= 15 is 0 Å². The van der Waals surface area contributed by atoms with Gasteiger partial charge in [0.2, 0.25) is 5.91 Å². The van der Waals surface area contributed by atoms with Gasteiger partial charge in [0.25, 0.3) is 5.91 Å². The predicted octanol–water partition coefficient (Wildman–Crippen LogP) is 5.25. The number of hydrogen-bond acceptors (Lipinski definition) is 3. The van der Waals surface area contributed by atoms with Crippen molar-refractivity contribution in [3.05, 3.63) is 95.7 Å². The Morgan fingerprint density at radius 3 is 2.54 bits per heavy atom. The van der Waals surface area contributed by atoms with E-state index in [0.717, 1.165) is 40.7 Å². The Bertz CT molecular complexity index is 1380. The molecular formula is C29H29N3O3. The number of fused-ring (bicyclic) bond motifs is 5. The molecule has 0 saturated carbocycles. The number of methoxy groups -OCH3 is 1. The lowest BCUT2D eigenvalue weighted by Gasteiger charge is -2.29. The molecule has 2 heterocycles. The van der Waals surface area contributed by atoms with Crippen molar-refractivity contribution in [1.29, 1.82) is 0 Å². The first-order valence-corrected chi connectivity index (χ1v) is 12.0. The Hall–Kier alpha value is -4.06. The summed E-state index contributed by atoms with van der Waals surface area (Å²) in [4.78, 5) is 29.6. The number of rotatable bonds is 7. The summed E-state index contributed by atoms with van der Waals surface area (Å²) in [6, 6.07) is 24.6. The molecule has 0 bridgehead atoms. The van der Waals surface area contributed by atoms with Crippen LogP contribution in [-0.2, 0) is 11.3 Å². The number of aromatic nitrogens is 1. The number of amides is 2. The smallest absolute Gasteiger partial charge is 0.257 e. The molecule has 3 aromatic carbocycles. The molecular weight excluding hydrogens is 438 g/mol. The van der Waals surface area contributed by atoms with Crippen LogP contribution in [0, 0.1) is 0 Å². The lowest BCUT2D eigenvalue weighted by molar-refractivity contribution is -0.126. The third kappa shape index (κ3) is 4.16. The van der Waals surface area contributed by atoms with Gasteiger partial charge in [-0.05, 0) is 42.3 Å². The summed E-state index contributed by atoms with van der Waals surface area (Å²) in [5.74, 6) is 0.221. The topological polar surface area (TPSA) is 63.6 Å². The van der Waals surface area contributed by atoms with Crippen LogP contribution >= 0.6 is 0 Å². The first-order chi connectivity index (χ1) is 17.1. The number of nitrogens with zero attached hydrogens (tertiary/aromatic N) is 2. The Morgan fingerprint density at radius 2 is 1.77 bits per heavy atom. The fourth-order valence-electron chi connectivity index (χ4n) is 4.79. The molecule has 5 rings (SSSR count). The minimum atomic E-state index is -0.787. The standard InChI is InChI=1S/C29H29N3O3/c1-3-4-16-30-28(33)27-26-17-21-12-8-9-13-24(21)32(26)25-15-14-22(35-2)18-23(25)29(34)31(27)19-20-10-6-5-7-11-20/h5-15,17-18,27H,3-4,16,19H2,1-2H3,(H,30,33). The van der Waals surface area contributed by atoms with E-state index in [1.165, 1.54) is 0 Å². The molecule has 1 atom stereocenters. The largest absolute Gasteiger partial charge is 0.497 e. The molecule has 6 heteroatoms. The lowest BCUT2D eigenvalue weighted by atomic mass is 10.1. The molecule has 0 radical (unpaired) electrons. The SMILES string of the molecule is CCCCNC(=O)C1c2cc3ccccc3n2-c2ccc(OC)cc2C(=O)N1Cc1ccccc1. The normalized spacial score (nSPS) is 14.9. The van der Waals surface area contributed by atoms with Crippen LogP contribution in [0.5, 0.6) is 5.75 Å². The van der Waals surface area contributed by atoms with Gasteiger partial charge in [0, 0.05) is 18.5 Å². The van der Waals surface area contributed by atoms with Gasteiger partial charge in [-0.1, -0.05) is 61.9 Å². The summed E-state index contributed by atoms with van der Waals surface area (Å²) >= 11 is 0. The first kappa shape index (κ1) is 22.7. The summed E-state index contributed by atoms with van der Waals surface area (Å²) in [6.45, 7) is 2.97. The zero-order valence-electron chi connectivity index (χ0n) is 20.0. The number of unbranched alkanes of at least 4 members (excludes halogenated alkanes) is 1. The fraction of sp³-hybridized carbons (Fsp3) is 0.241. The van der Waals surface area contributed by atoms with E-state index < -0.39 is 6.04 Å². The summed E-state index contributed by atoms with van der Waals surface area (Å²) in [6.07, 6.45) is 1.86. The van der Waals surface area contributed by atoms with Gasteiger partial charge in [0.15, 0.2) is 6.04 Å². The van der Waals surface area contributed by atoms with Crippen LogP contribution in [0.3, 0.4) is 0 Å². The van der Waals surface area contributed by atoms with E-state index in [0.29, 0.717) is 24.4 Å². The maximum absolute atomic E-state index is 14.1. The number of ether oxygens (including phenoxy) is 1. The quantitative estimate of drug-likeness (QED) is 0.378. The maximum atomic E-state index is 14.1. The van der Waals surface area contributed by atoms with Crippen LogP contribution in [0.4, 0.5) is 0 Å². The molecule has 4 aromatic rings. The molecule has 6 nitrogen and oxygen atoms in total. The van der Waals surface area contributed by atoms with Crippen molar-refractivity contribution in [1.82, 2.24) is 14.8 Å². The molecule has 1 aliphatic heterocycles. The molecule has 2 amide bonds. The number of benzene rings is 3. The Balaban J connectivity index is 1.74. The molecule has 0 aliphatic carbocycles. The first-order valence-electron chi connectivity index (χ1n) is 12.0. The Kier molecular flexibility index (Phi) is 6.27. The molecule has 0 spiro atoms. The monoisotopic (exact) mass is 467 g/mol. The van der Waals surface area contributed by atoms with Crippen LogP contribution in [0.25, 0.3) is 16.6 Å². The third-order valence-electron chi connectivity index (χ3n) is 6.54. The molecule has 178 valence electrons. The van der Waals surface area contributed by atoms with Crippen molar-refractivity contribution in [3.8, 4) is 11.4 Å². The van der Waals surface area contributed by atoms with Crippen LogP contribution in [0.2, 0.25) is 0 Å². The van der Waals surface area contributed by atoms with E-state index in [4.69, 9.17) is 4.74 Å². The van der Waals surface area contributed by atoms with Gasteiger partial charge >= 0.3 is 0 Å². The molecule has 0 saturated heterocycles. The molecule has 1 N–H and O–H groups in total. The highest BCUT2D eigenvalue weighted by Gasteiger charge is 2.39. The third-order valence-corrected chi connectivity index (χ3v) is 6.54. The molecule has 1 aliphatic rings. The van der Waals surface area contributed by atoms with E-state index in [1.807, 2.05) is 72.8 Å². The number of carbonyl (C=O) groups excluding carboxylic acids is 2. The zero-order chi connectivity index (χ0) is 24.4. The summed E-state index contributed by atoms with van der Waals surface area (Å²) in [5, 5.41) is 4.10. The van der Waals surface area contributed by atoms with Crippen molar-refractivity contribution in [2.75, 3.05) is 13.7 Å². The predicted molar refractivity (Wildman–Crippen MR) is 137 cm³/mol. The molecule has 1 aromatic heterocycles. The van der Waals surface area contributed by atoms with E-state index in [9.17, 15) is 9.59 Å². The highest BCUT2D eigenvalue weighted by Crippen LogP contribution is 2.38. The second-order valence-corrected chi connectivity index (χ2v) is 8.81. The van der Waals surface area contributed by atoms with Gasteiger partial charge in [-0.2, -0.15) is 0 Å². The van der Waals surface area contributed by atoms with Crippen LogP contribution < -0.4 is 10.1 Å². The van der Waals surface area contributed by atoms with E-state index in [1.54, 1.807) is 18.1 Å². The average Bonchev–Trinajstić information content (AvgIpc) is 3.23. The number of hydrogen-bond donors (Lipinski definition) is 1. The van der Waals surface area contributed by atoms with Crippen LogP contribution in [0.15, 0.2) is 78.9 Å². The second kappa shape index (κ2) is 9.66. The van der Waals surface area contributed by atoms with Gasteiger partial charge in [-0.25, -0.2) is 0 Å². The Morgan fingerprint density at radius 1 is 1.00 bits per heavy atom. The van der Waals surface area contributed by atoms with E-state index in [-0.39, 0.29) is 11.8 Å². The molecule has 1 unspecified atom stereocenters. The zero-order valence-corrected chi connectivity index (χ0v) is 20.0. The van der Waals surface area contributed by atoms with Crippen LogP contribution in [-0.4, -0.2) is 34.9 Å². The van der Waals surface area contributed by atoms with Crippen molar-refractivity contribution in [2.24, 2.45) is 0 Å². The molecule has 0 fully saturated rings. The lowest BCUT2D eigenvalue weighted by Crippen LogP contribution is -2.43. The highest BCUT2D eigenvalue weighted by atomic mass is 16.5. The summed E-state index contributed by atoms with van der Waals surface area (Å²) in [5.41, 5.74) is 3.94. The van der Waals surface area contributed by atoms with Gasteiger partial charge in [0.05, 0.1) is 29.6 Å². The summed E-state index contributed by atoms with van der Waals surface area (Å²) < 4.78 is 7.51. The number of para-hydroxylation sites is 1. The minimum absolute atomic E-state index is 0.174. The fourth-order valence-corrected chi connectivity index (χ4v) is 4.79. The maximum Gasteiger partial charge on any atom is 0.257 e. The van der Waals surface area contributed by atoms with Gasteiger partial charge in [-0.3, -0.25) is 9.59 Å². The van der Waals surface area contributed by atoms with Crippen molar-refractivity contribution in [2.45, 2.75) is 32.4 Å². The Labute approximate surface area is 205 Å². The van der Waals surface area contributed by atoms with Crippen LogP contribution in [0.1, 0.15) is 47.4 Å². The van der Waals surface area contributed by atoms with Crippen molar-refractivity contribution < 1.29 is 14.3 Å². The van der Waals surface area contributed by atoms with Gasteiger partial charge < -0.3 is 19.5 Å². The van der Waals surface area contributed by atoms with E-state index in [2.05, 4.69) is 16.8 Å². The van der Waals surface area contributed by atoms with Crippen molar-refractivity contribution in [3.63, 3.8) is 0 Å². The number of carbonyl (C=O) groups is 2. The van der Waals surface area contributed by atoms with Crippen molar-refractivity contribution >= 4 is 22.7 Å². The highest BCUT2D eigenvalue weighted by molar-refractivity contribution is 6.03. The second-order valence-electron chi connectivity index (χ2n) is 8.81. The average molecular weight is 468 g/mol. The minimum Gasteiger partial charge on any atom is -0.497 e. The number of nitrogens with one attached hydrogen (secondary N) is 1.